The predicted molar refractivity (Wildman–Crippen MR) is 97.2 cm³/mol. The SMILES string of the molecule is CC1CCCN(c2cnc3ccc(-c4ccc(O)cc4)cc3n2)C1. The van der Waals surface area contributed by atoms with Crippen LogP contribution < -0.4 is 4.90 Å². The molecule has 1 N–H and O–H groups in total. The Kier molecular flexibility index (Phi) is 3.81. The fourth-order valence-electron chi connectivity index (χ4n) is 3.39. The van der Waals surface area contributed by atoms with Crippen molar-refractivity contribution in [2.75, 3.05) is 18.0 Å². The third-order valence-electron chi connectivity index (χ3n) is 4.71. The summed E-state index contributed by atoms with van der Waals surface area (Å²) in [5.41, 5.74) is 3.97. The summed E-state index contributed by atoms with van der Waals surface area (Å²) in [7, 11) is 0. The molecule has 1 aliphatic rings. The molecule has 1 aromatic heterocycles. The zero-order valence-corrected chi connectivity index (χ0v) is 13.8. The molecule has 122 valence electrons. The molecule has 0 aliphatic carbocycles. The molecule has 2 heterocycles. The van der Waals surface area contributed by atoms with Crippen LogP contribution in [0.3, 0.4) is 0 Å². The smallest absolute Gasteiger partial charge is 0.147 e. The van der Waals surface area contributed by atoms with Gasteiger partial charge in [-0.1, -0.05) is 25.1 Å². The highest BCUT2D eigenvalue weighted by molar-refractivity contribution is 5.82. The standard InChI is InChI=1S/C20H21N3O/c1-14-3-2-10-23(13-14)20-12-21-18-9-6-16(11-19(18)22-20)15-4-7-17(24)8-5-15/h4-9,11-12,14,24H,2-3,10,13H2,1H3. The van der Waals surface area contributed by atoms with E-state index in [1.165, 1.54) is 12.8 Å². The maximum absolute atomic E-state index is 9.45. The molecule has 0 radical (unpaired) electrons. The molecule has 1 aliphatic heterocycles. The molecule has 1 fully saturated rings. The maximum atomic E-state index is 9.45. The first-order valence-electron chi connectivity index (χ1n) is 8.50. The third kappa shape index (κ3) is 2.92. The van der Waals surface area contributed by atoms with Gasteiger partial charge in [0, 0.05) is 13.1 Å². The van der Waals surface area contributed by atoms with Crippen molar-refractivity contribution in [1.82, 2.24) is 9.97 Å². The van der Waals surface area contributed by atoms with Crippen molar-refractivity contribution in [3.8, 4) is 16.9 Å². The van der Waals surface area contributed by atoms with Crippen LogP contribution in [0.5, 0.6) is 5.75 Å². The van der Waals surface area contributed by atoms with E-state index in [4.69, 9.17) is 4.98 Å². The number of rotatable bonds is 2. The van der Waals surface area contributed by atoms with Gasteiger partial charge < -0.3 is 10.0 Å². The summed E-state index contributed by atoms with van der Waals surface area (Å²) < 4.78 is 0. The van der Waals surface area contributed by atoms with Gasteiger partial charge in [0.25, 0.3) is 0 Å². The van der Waals surface area contributed by atoms with Gasteiger partial charge in [-0.3, -0.25) is 4.98 Å². The van der Waals surface area contributed by atoms with Crippen molar-refractivity contribution >= 4 is 16.9 Å². The van der Waals surface area contributed by atoms with Gasteiger partial charge >= 0.3 is 0 Å². The number of fused-ring (bicyclic) bond motifs is 1. The zero-order chi connectivity index (χ0) is 16.5. The molecule has 4 heteroatoms. The molecule has 3 aromatic rings. The van der Waals surface area contributed by atoms with Gasteiger partial charge in [0.2, 0.25) is 0 Å². The molecule has 4 nitrogen and oxygen atoms in total. The number of nitrogens with zero attached hydrogens (tertiary/aromatic N) is 3. The van der Waals surface area contributed by atoms with E-state index in [0.29, 0.717) is 5.92 Å². The van der Waals surface area contributed by atoms with Crippen LogP contribution >= 0.6 is 0 Å². The summed E-state index contributed by atoms with van der Waals surface area (Å²) in [5, 5.41) is 9.45. The number of aromatic nitrogens is 2. The van der Waals surface area contributed by atoms with Crippen molar-refractivity contribution in [3.63, 3.8) is 0 Å². The van der Waals surface area contributed by atoms with Gasteiger partial charge in [-0.15, -0.1) is 0 Å². The molecule has 4 rings (SSSR count). The second-order valence-corrected chi connectivity index (χ2v) is 6.67. The molecule has 1 atom stereocenters. The van der Waals surface area contributed by atoms with Crippen LogP contribution in [0.4, 0.5) is 5.82 Å². The number of hydrogen-bond donors (Lipinski definition) is 1. The topological polar surface area (TPSA) is 49.2 Å². The molecule has 24 heavy (non-hydrogen) atoms. The summed E-state index contributed by atoms with van der Waals surface area (Å²) in [4.78, 5) is 11.8. The van der Waals surface area contributed by atoms with Crippen LogP contribution in [-0.2, 0) is 0 Å². The minimum absolute atomic E-state index is 0.279. The molecule has 1 unspecified atom stereocenters. The Morgan fingerprint density at radius 1 is 1.04 bits per heavy atom. The average Bonchev–Trinajstić information content (AvgIpc) is 2.61. The Morgan fingerprint density at radius 2 is 1.83 bits per heavy atom. The van der Waals surface area contributed by atoms with E-state index in [9.17, 15) is 5.11 Å². The first kappa shape index (κ1) is 14.9. The van der Waals surface area contributed by atoms with Crippen LogP contribution in [0.2, 0.25) is 0 Å². The number of piperidine rings is 1. The lowest BCUT2D eigenvalue weighted by Crippen LogP contribution is -2.34. The van der Waals surface area contributed by atoms with Crippen molar-refractivity contribution < 1.29 is 5.11 Å². The summed E-state index contributed by atoms with van der Waals surface area (Å²) in [5.74, 6) is 1.96. The van der Waals surface area contributed by atoms with E-state index in [1.54, 1.807) is 12.1 Å². The molecular weight excluding hydrogens is 298 g/mol. The number of hydrogen-bond acceptors (Lipinski definition) is 4. The number of anilines is 1. The molecule has 1 saturated heterocycles. The van der Waals surface area contributed by atoms with Gasteiger partial charge in [-0.25, -0.2) is 4.98 Å². The predicted octanol–water partition coefficient (Wildman–Crippen LogP) is 4.24. The summed E-state index contributed by atoms with van der Waals surface area (Å²) >= 11 is 0. The lowest BCUT2D eigenvalue weighted by Gasteiger charge is -2.31. The van der Waals surface area contributed by atoms with Gasteiger partial charge in [0.05, 0.1) is 17.2 Å². The van der Waals surface area contributed by atoms with Crippen LogP contribution in [-0.4, -0.2) is 28.2 Å². The lowest BCUT2D eigenvalue weighted by molar-refractivity contribution is 0.444. The molecule has 0 saturated carbocycles. The average molecular weight is 319 g/mol. The van der Waals surface area contributed by atoms with Crippen molar-refractivity contribution in [2.45, 2.75) is 19.8 Å². The summed E-state index contributed by atoms with van der Waals surface area (Å²) in [6, 6.07) is 13.4. The van der Waals surface area contributed by atoms with E-state index >= 15 is 0 Å². The minimum Gasteiger partial charge on any atom is -0.508 e. The van der Waals surface area contributed by atoms with E-state index < -0.39 is 0 Å². The summed E-state index contributed by atoms with van der Waals surface area (Å²) in [6.07, 6.45) is 4.40. The number of phenolic OH excluding ortho intramolecular Hbond substituents is 1. The quantitative estimate of drug-likeness (QED) is 0.767. The normalized spacial score (nSPS) is 18.0. The number of benzene rings is 2. The van der Waals surface area contributed by atoms with Gasteiger partial charge in [0.15, 0.2) is 0 Å². The van der Waals surface area contributed by atoms with E-state index in [1.807, 2.05) is 30.5 Å². The first-order valence-corrected chi connectivity index (χ1v) is 8.50. The maximum Gasteiger partial charge on any atom is 0.147 e. The van der Waals surface area contributed by atoms with Crippen molar-refractivity contribution in [2.24, 2.45) is 5.92 Å². The third-order valence-corrected chi connectivity index (χ3v) is 4.71. The second kappa shape index (κ2) is 6.11. The number of phenols is 1. The van der Waals surface area contributed by atoms with Gasteiger partial charge in [-0.05, 0) is 54.2 Å². The zero-order valence-electron chi connectivity index (χ0n) is 13.8. The largest absolute Gasteiger partial charge is 0.508 e. The van der Waals surface area contributed by atoms with E-state index in [-0.39, 0.29) is 5.75 Å². The van der Waals surface area contributed by atoms with Crippen molar-refractivity contribution in [3.05, 3.63) is 48.7 Å². The second-order valence-electron chi connectivity index (χ2n) is 6.67. The molecule has 0 spiro atoms. The van der Waals surface area contributed by atoms with Gasteiger partial charge in [0.1, 0.15) is 11.6 Å². The Hall–Kier alpha value is -2.62. The van der Waals surface area contributed by atoms with E-state index in [2.05, 4.69) is 22.9 Å². The van der Waals surface area contributed by atoms with E-state index in [0.717, 1.165) is 41.1 Å². The fourth-order valence-corrected chi connectivity index (χ4v) is 3.39. The molecule has 0 amide bonds. The minimum atomic E-state index is 0.279. The molecule has 0 bridgehead atoms. The summed E-state index contributed by atoms with van der Waals surface area (Å²) in [6.45, 7) is 4.41. The number of aromatic hydroxyl groups is 1. The molecule has 2 aromatic carbocycles. The van der Waals surface area contributed by atoms with Crippen LogP contribution in [0, 0.1) is 5.92 Å². The Morgan fingerprint density at radius 3 is 2.62 bits per heavy atom. The van der Waals surface area contributed by atoms with Crippen LogP contribution in [0.25, 0.3) is 22.2 Å². The van der Waals surface area contributed by atoms with Gasteiger partial charge in [-0.2, -0.15) is 0 Å². The Bertz CT molecular complexity index is 860. The monoisotopic (exact) mass is 319 g/mol. The van der Waals surface area contributed by atoms with Crippen LogP contribution in [0.15, 0.2) is 48.7 Å². The van der Waals surface area contributed by atoms with Crippen molar-refractivity contribution in [1.29, 1.82) is 0 Å². The first-order chi connectivity index (χ1) is 11.7. The molecular formula is C20H21N3O. The highest BCUT2D eigenvalue weighted by Crippen LogP contribution is 2.27. The highest BCUT2D eigenvalue weighted by atomic mass is 16.3. The lowest BCUT2D eigenvalue weighted by atomic mass is 10.0. The fraction of sp³-hybridized carbons (Fsp3) is 0.300. The highest BCUT2D eigenvalue weighted by Gasteiger charge is 2.18. The Balaban J connectivity index is 1.71. The Labute approximate surface area is 141 Å². The van der Waals surface area contributed by atoms with Crippen LogP contribution in [0.1, 0.15) is 19.8 Å².